The third-order valence-corrected chi connectivity index (χ3v) is 4.87. The molecule has 0 unspecified atom stereocenters. The second kappa shape index (κ2) is 8.72. The van der Waals surface area contributed by atoms with E-state index in [1.54, 1.807) is 0 Å². The number of unbranched alkanes of at least 4 members (excludes halogenated alkanes) is 2. The Labute approximate surface area is 145 Å². The van der Waals surface area contributed by atoms with Gasteiger partial charge in [-0.2, -0.15) is 0 Å². The molecule has 0 bridgehead atoms. The number of benzene rings is 2. The lowest BCUT2D eigenvalue weighted by atomic mass is 9.68. The summed E-state index contributed by atoms with van der Waals surface area (Å²) in [6.45, 7) is 1.95. The number of hydrogen-bond acceptors (Lipinski definition) is 2. The molecule has 0 saturated heterocycles. The Kier molecular flexibility index (Phi) is 6.65. The van der Waals surface area contributed by atoms with Crippen molar-refractivity contribution in [2.45, 2.75) is 50.9 Å². The summed E-state index contributed by atoms with van der Waals surface area (Å²) in [7, 11) is 0. The molecule has 0 saturated carbocycles. The van der Waals surface area contributed by atoms with Crippen molar-refractivity contribution in [1.29, 1.82) is 0 Å². The average Bonchev–Trinajstić information content (AvgIpc) is 2.60. The molecule has 0 fully saturated rings. The first-order valence-electron chi connectivity index (χ1n) is 8.90. The molecule has 0 aliphatic rings. The van der Waals surface area contributed by atoms with Crippen LogP contribution in [0.25, 0.3) is 0 Å². The molecule has 0 radical (unpaired) electrons. The minimum absolute atomic E-state index is 0.105. The third kappa shape index (κ3) is 4.28. The second-order valence-electron chi connectivity index (χ2n) is 6.58. The van der Waals surface area contributed by atoms with E-state index < -0.39 is 0 Å². The molecule has 2 rings (SSSR count). The fourth-order valence-electron chi connectivity index (χ4n) is 3.47. The molecule has 2 aromatic rings. The first kappa shape index (κ1) is 18.3. The molecule has 0 atom stereocenters. The van der Waals surface area contributed by atoms with Gasteiger partial charge >= 0.3 is 0 Å². The Bertz CT molecular complexity index is 559. The highest BCUT2D eigenvalue weighted by Gasteiger charge is 2.33. The smallest absolute Gasteiger partial charge is 0.0894 e. The number of halogens is 1. The van der Waals surface area contributed by atoms with Crippen LogP contribution in [-0.2, 0) is 5.41 Å². The molecule has 4 N–H and O–H groups in total. The van der Waals surface area contributed by atoms with Crippen LogP contribution in [0.15, 0.2) is 48.5 Å². The SMILES string of the molecule is CCCCC(CCCCF)(c1ccc(N)cc1)c1ccc(N)cc1. The van der Waals surface area contributed by atoms with Gasteiger partial charge in [0, 0.05) is 16.8 Å². The highest BCUT2D eigenvalue weighted by Crippen LogP contribution is 2.42. The Morgan fingerprint density at radius 1 is 0.750 bits per heavy atom. The van der Waals surface area contributed by atoms with Crippen molar-refractivity contribution in [2.24, 2.45) is 0 Å². The van der Waals surface area contributed by atoms with Crippen molar-refractivity contribution in [2.75, 3.05) is 18.1 Å². The molecule has 0 heterocycles. The molecule has 130 valence electrons. The van der Waals surface area contributed by atoms with Crippen LogP contribution in [0.4, 0.5) is 15.8 Å². The number of nitrogen functional groups attached to an aromatic ring is 2. The summed E-state index contributed by atoms with van der Waals surface area (Å²) in [6.07, 6.45) is 5.72. The summed E-state index contributed by atoms with van der Waals surface area (Å²) >= 11 is 0. The summed E-state index contributed by atoms with van der Waals surface area (Å²) in [5, 5.41) is 0. The van der Waals surface area contributed by atoms with Gasteiger partial charge in [-0.15, -0.1) is 0 Å². The maximum atomic E-state index is 12.7. The Morgan fingerprint density at radius 3 is 1.62 bits per heavy atom. The zero-order valence-corrected chi connectivity index (χ0v) is 14.6. The van der Waals surface area contributed by atoms with E-state index in [2.05, 4.69) is 31.2 Å². The normalized spacial score (nSPS) is 11.6. The summed E-state index contributed by atoms with van der Waals surface area (Å²) in [5.74, 6) is 0. The molecular weight excluding hydrogens is 299 g/mol. The Balaban J connectivity index is 2.48. The summed E-state index contributed by atoms with van der Waals surface area (Å²) in [4.78, 5) is 0. The van der Waals surface area contributed by atoms with Crippen molar-refractivity contribution >= 4 is 11.4 Å². The van der Waals surface area contributed by atoms with E-state index >= 15 is 0 Å². The molecule has 24 heavy (non-hydrogen) atoms. The Hall–Kier alpha value is -2.03. The Morgan fingerprint density at radius 2 is 1.21 bits per heavy atom. The van der Waals surface area contributed by atoms with Crippen LogP contribution in [-0.4, -0.2) is 6.67 Å². The van der Waals surface area contributed by atoms with Crippen LogP contribution in [0.5, 0.6) is 0 Å². The fourth-order valence-corrected chi connectivity index (χ4v) is 3.47. The van der Waals surface area contributed by atoms with E-state index in [9.17, 15) is 4.39 Å². The molecular formula is C21H29FN2. The lowest BCUT2D eigenvalue weighted by Crippen LogP contribution is -2.28. The van der Waals surface area contributed by atoms with Crippen LogP contribution in [0.1, 0.15) is 56.6 Å². The van der Waals surface area contributed by atoms with Crippen molar-refractivity contribution in [1.82, 2.24) is 0 Å². The second-order valence-corrected chi connectivity index (χ2v) is 6.58. The van der Waals surface area contributed by atoms with Crippen LogP contribution < -0.4 is 11.5 Å². The van der Waals surface area contributed by atoms with E-state index in [1.807, 2.05) is 24.3 Å². The third-order valence-electron chi connectivity index (χ3n) is 4.87. The molecule has 0 aliphatic carbocycles. The largest absolute Gasteiger partial charge is 0.399 e. The highest BCUT2D eigenvalue weighted by molar-refractivity contribution is 5.48. The van der Waals surface area contributed by atoms with Crippen molar-refractivity contribution in [3.63, 3.8) is 0 Å². The van der Waals surface area contributed by atoms with Crippen molar-refractivity contribution < 1.29 is 4.39 Å². The first-order valence-corrected chi connectivity index (χ1v) is 8.90. The predicted molar refractivity (Wildman–Crippen MR) is 102 cm³/mol. The summed E-state index contributed by atoms with van der Waals surface area (Å²) in [5.41, 5.74) is 15.7. The van der Waals surface area contributed by atoms with Gasteiger partial charge in [0.1, 0.15) is 0 Å². The van der Waals surface area contributed by atoms with Gasteiger partial charge in [-0.1, -0.05) is 44.0 Å². The number of rotatable bonds is 9. The van der Waals surface area contributed by atoms with Gasteiger partial charge < -0.3 is 11.5 Å². The molecule has 0 aromatic heterocycles. The summed E-state index contributed by atoms with van der Waals surface area (Å²) < 4.78 is 12.7. The van der Waals surface area contributed by atoms with Crippen LogP contribution in [0.3, 0.4) is 0 Å². The maximum absolute atomic E-state index is 12.7. The van der Waals surface area contributed by atoms with E-state index in [4.69, 9.17) is 11.5 Å². The molecule has 3 heteroatoms. The zero-order valence-electron chi connectivity index (χ0n) is 14.6. The molecule has 0 aliphatic heterocycles. The van der Waals surface area contributed by atoms with E-state index in [1.165, 1.54) is 11.1 Å². The van der Waals surface area contributed by atoms with Crippen molar-refractivity contribution in [3.8, 4) is 0 Å². The van der Waals surface area contributed by atoms with Gasteiger partial charge in [0.15, 0.2) is 0 Å². The van der Waals surface area contributed by atoms with Crippen LogP contribution >= 0.6 is 0 Å². The molecule has 0 amide bonds. The molecule has 2 aromatic carbocycles. The van der Waals surface area contributed by atoms with Gasteiger partial charge in [-0.3, -0.25) is 4.39 Å². The highest BCUT2D eigenvalue weighted by atomic mass is 19.1. The number of hydrogen-bond donors (Lipinski definition) is 2. The van der Waals surface area contributed by atoms with Gasteiger partial charge in [0.25, 0.3) is 0 Å². The standard InChI is InChI=1S/C21H29FN2/c1-2-3-14-21(15-4-5-16-22,17-6-10-19(23)11-7-17)18-8-12-20(24)13-9-18/h6-13H,2-5,14-16,23-24H2,1H3. The maximum Gasteiger partial charge on any atom is 0.0894 e. The number of anilines is 2. The lowest BCUT2D eigenvalue weighted by Gasteiger charge is -2.36. The van der Waals surface area contributed by atoms with Gasteiger partial charge in [-0.25, -0.2) is 0 Å². The van der Waals surface area contributed by atoms with Crippen LogP contribution in [0, 0.1) is 0 Å². The van der Waals surface area contributed by atoms with Crippen LogP contribution in [0.2, 0.25) is 0 Å². The molecule has 0 spiro atoms. The first-order chi connectivity index (χ1) is 11.6. The van der Waals surface area contributed by atoms with Gasteiger partial charge in [0.2, 0.25) is 0 Å². The zero-order chi connectivity index (χ0) is 17.4. The monoisotopic (exact) mass is 328 g/mol. The molecule has 2 nitrogen and oxygen atoms in total. The lowest BCUT2D eigenvalue weighted by molar-refractivity contribution is 0.379. The predicted octanol–water partition coefficient (Wildman–Crippen LogP) is 5.47. The minimum atomic E-state index is -0.257. The summed E-state index contributed by atoms with van der Waals surface area (Å²) in [6, 6.07) is 16.3. The van der Waals surface area contributed by atoms with Gasteiger partial charge in [0.05, 0.1) is 6.67 Å². The average molecular weight is 328 g/mol. The number of nitrogens with two attached hydrogens (primary N) is 2. The minimum Gasteiger partial charge on any atom is -0.399 e. The van der Waals surface area contributed by atoms with Gasteiger partial charge in [-0.05, 0) is 61.1 Å². The quantitative estimate of drug-likeness (QED) is 0.474. The number of alkyl halides is 1. The van der Waals surface area contributed by atoms with Crippen molar-refractivity contribution in [3.05, 3.63) is 59.7 Å². The van der Waals surface area contributed by atoms with E-state index in [0.29, 0.717) is 6.42 Å². The van der Waals surface area contributed by atoms with E-state index in [-0.39, 0.29) is 12.1 Å². The topological polar surface area (TPSA) is 52.0 Å². The fraction of sp³-hybridized carbons (Fsp3) is 0.429. The van der Waals surface area contributed by atoms with E-state index in [0.717, 1.165) is 43.5 Å².